The SMILES string of the molecule is CCOc1cc(C(=O)N(C)Cc2ccccc2C)ccc1OC. The van der Waals surface area contributed by atoms with Gasteiger partial charge in [0, 0.05) is 19.2 Å². The summed E-state index contributed by atoms with van der Waals surface area (Å²) in [7, 11) is 3.39. The van der Waals surface area contributed by atoms with Crippen molar-refractivity contribution in [3.8, 4) is 11.5 Å². The summed E-state index contributed by atoms with van der Waals surface area (Å²) in [5.41, 5.74) is 2.91. The van der Waals surface area contributed by atoms with Gasteiger partial charge < -0.3 is 14.4 Å². The Morgan fingerprint density at radius 2 is 1.87 bits per heavy atom. The minimum atomic E-state index is -0.0446. The molecule has 0 aromatic heterocycles. The normalized spacial score (nSPS) is 10.3. The van der Waals surface area contributed by atoms with E-state index < -0.39 is 0 Å². The fraction of sp³-hybridized carbons (Fsp3) is 0.316. The molecule has 23 heavy (non-hydrogen) atoms. The Labute approximate surface area is 137 Å². The Morgan fingerprint density at radius 1 is 1.13 bits per heavy atom. The molecule has 0 bridgehead atoms. The molecule has 0 saturated carbocycles. The summed E-state index contributed by atoms with van der Waals surface area (Å²) in [4.78, 5) is 14.4. The number of carbonyl (C=O) groups excluding carboxylic acids is 1. The molecule has 4 nitrogen and oxygen atoms in total. The third-order valence-electron chi connectivity index (χ3n) is 3.73. The van der Waals surface area contributed by atoms with E-state index in [0.29, 0.717) is 30.2 Å². The fourth-order valence-corrected chi connectivity index (χ4v) is 2.41. The lowest BCUT2D eigenvalue weighted by atomic mass is 10.1. The Morgan fingerprint density at radius 3 is 2.52 bits per heavy atom. The van der Waals surface area contributed by atoms with Crippen LogP contribution in [0.4, 0.5) is 0 Å². The number of hydrogen-bond donors (Lipinski definition) is 0. The van der Waals surface area contributed by atoms with Gasteiger partial charge >= 0.3 is 0 Å². The van der Waals surface area contributed by atoms with Gasteiger partial charge in [0.1, 0.15) is 0 Å². The van der Waals surface area contributed by atoms with Crippen molar-refractivity contribution in [3.63, 3.8) is 0 Å². The van der Waals surface area contributed by atoms with Crippen molar-refractivity contribution in [2.24, 2.45) is 0 Å². The van der Waals surface area contributed by atoms with Crippen LogP contribution in [0.25, 0.3) is 0 Å². The molecule has 0 unspecified atom stereocenters. The lowest BCUT2D eigenvalue weighted by molar-refractivity contribution is 0.0784. The lowest BCUT2D eigenvalue weighted by Crippen LogP contribution is -2.26. The third-order valence-corrected chi connectivity index (χ3v) is 3.73. The average molecular weight is 313 g/mol. The minimum Gasteiger partial charge on any atom is -0.493 e. The Bertz CT molecular complexity index is 682. The van der Waals surface area contributed by atoms with E-state index in [1.54, 1.807) is 37.3 Å². The molecule has 0 atom stereocenters. The van der Waals surface area contributed by atoms with Gasteiger partial charge in [0.25, 0.3) is 5.91 Å². The third kappa shape index (κ3) is 4.03. The number of aryl methyl sites for hydroxylation is 1. The molecule has 0 spiro atoms. The molecular formula is C19H23NO3. The molecule has 2 aromatic carbocycles. The van der Waals surface area contributed by atoms with E-state index in [9.17, 15) is 4.79 Å². The van der Waals surface area contributed by atoms with Crippen LogP contribution in [0.2, 0.25) is 0 Å². The summed E-state index contributed by atoms with van der Waals surface area (Å²) < 4.78 is 10.8. The van der Waals surface area contributed by atoms with E-state index in [2.05, 4.69) is 0 Å². The standard InChI is InChI=1S/C19H23NO3/c1-5-23-18-12-15(10-11-17(18)22-4)19(21)20(3)13-16-9-7-6-8-14(16)2/h6-12H,5,13H2,1-4H3. The molecule has 2 aromatic rings. The number of methoxy groups -OCH3 is 1. The largest absolute Gasteiger partial charge is 0.493 e. The number of nitrogens with zero attached hydrogens (tertiary/aromatic N) is 1. The summed E-state index contributed by atoms with van der Waals surface area (Å²) in [6.07, 6.45) is 0. The van der Waals surface area contributed by atoms with Crippen LogP contribution in [-0.2, 0) is 6.54 Å². The molecule has 0 aliphatic carbocycles. The first-order valence-corrected chi connectivity index (χ1v) is 7.67. The molecule has 0 fully saturated rings. The molecule has 0 radical (unpaired) electrons. The number of ether oxygens (including phenoxy) is 2. The monoisotopic (exact) mass is 313 g/mol. The van der Waals surface area contributed by atoms with Gasteiger partial charge in [0.2, 0.25) is 0 Å². The quantitative estimate of drug-likeness (QED) is 0.816. The van der Waals surface area contributed by atoms with Crippen LogP contribution in [0, 0.1) is 6.92 Å². The maximum absolute atomic E-state index is 12.6. The van der Waals surface area contributed by atoms with E-state index in [1.165, 1.54) is 5.56 Å². The summed E-state index contributed by atoms with van der Waals surface area (Å²) in [5.74, 6) is 1.17. The number of amides is 1. The first kappa shape index (κ1) is 16.9. The molecule has 4 heteroatoms. The van der Waals surface area contributed by atoms with Crippen LogP contribution >= 0.6 is 0 Å². The van der Waals surface area contributed by atoms with Gasteiger partial charge in [0.15, 0.2) is 11.5 Å². The Balaban J connectivity index is 2.19. The summed E-state index contributed by atoms with van der Waals surface area (Å²) in [6, 6.07) is 13.3. The zero-order chi connectivity index (χ0) is 16.8. The highest BCUT2D eigenvalue weighted by Crippen LogP contribution is 2.28. The molecule has 0 aliphatic rings. The Kier molecular flexibility index (Phi) is 5.63. The van der Waals surface area contributed by atoms with Crippen LogP contribution in [0.3, 0.4) is 0 Å². The van der Waals surface area contributed by atoms with Crippen LogP contribution in [0.1, 0.15) is 28.4 Å². The first-order chi connectivity index (χ1) is 11.1. The smallest absolute Gasteiger partial charge is 0.254 e. The lowest BCUT2D eigenvalue weighted by Gasteiger charge is -2.19. The second-order valence-electron chi connectivity index (χ2n) is 5.39. The van der Waals surface area contributed by atoms with Gasteiger partial charge in [0.05, 0.1) is 13.7 Å². The molecule has 0 heterocycles. The summed E-state index contributed by atoms with van der Waals surface area (Å²) in [5, 5.41) is 0. The van der Waals surface area contributed by atoms with Gasteiger partial charge in [-0.25, -0.2) is 0 Å². The summed E-state index contributed by atoms with van der Waals surface area (Å²) >= 11 is 0. The Hall–Kier alpha value is -2.49. The topological polar surface area (TPSA) is 38.8 Å². The molecule has 0 N–H and O–H groups in total. The maximum atomic E-state index is 12.6. The van der Waals surface area contributed by atoms with E-state index in [4.69, 9.17) is 9.47 Å². The van der Waals surface area contributed by atoms with Crippen molar-refractivity contribution < 1.29 is 14.3 Å². The van der Waals surface area contributed by atoms with Crippen LogP contribution in [-0.4, -0.2) is 31.6 Å². The van der Waals surface area contributed by atoms with Gasteiger partial charge in [-0.15, -0.1) is 0 Å². The molecule has 122 valence electrons. The summed E-state index contributed by atoms with van der Waals surface area (Å²) in [6.45, 7) is 5.04. The van der Waals surface area contributed by atoms with Gasteiger partial charge in [-0.1, -0.05) is 24.3 Å². The van der Waals surface area contributed by atoms with Crippen molar-refractivity contribution in [1.29, 1.82) is 0 Å². The fourth-order valence-electron chi connectivity index (χ4n) is 2.41. The minimum absolute atomic E-state index is 0.0446. The van der Waals surface area contributed by atoms with Gasteiger partial charge in [-0.2, -0.15) is 0 Å². The number of hydrogen-bond acceptors (Lipinski definition) is 3. The zero-order valence-electron chi connectivity index (χ0n) is 14.1. The van der Waals surface area contributed by atoms with Crippen molar-refractivity contribution in [1.82, 2.24) is 4.90 Å². The van der Waals surface area contributed by atoms with Crippen molar-refractivity contribution in [2.75, 3.05) is 20.8 Å². The van der Waals surface area contributed by atoms with E-state index >= 15 is 0 Å². The molecular weight excluding hydrogens is 290 g/mol. The average Bonchev–Trinajstić information content (AvgIpc) is 2.56. The maximum Gasteiger partial charge on any atom is 0.254 e. The molecule has 1 amide bonds. The van der Waals surface area contributed by atoms with E-state index in [-0.39, 0.29) is 5.91 Å². The number of rotatable bonds is 6. The highest BCUT2D eigenvalue weighted by atomic mass is 16.5. The van der Waals surface area contributed by atoms with Crippen LogP contribution < -0.4 is 9.47 Å². The molecule has 0 aliphatic heterocycles. The predicted octanol–water partition coefficient (Wildman–Crippen LogP) is 3.67. The van der Waals surface area contributed by atoms with E-state index in [1.807, 2.05) is 38.1 Å². The predicted molar refractivity (Wildman–Crippen MR) is 91.1 cm³/mol. The second-order valence-corrected chi connectivity index (χ2v) is 5.39. The highest BCUT2D eigenvalue weighted by Gasteiger charge is 2.15. The van der Waals surface area contributed by atoms with Crippen molar-refractivity contribution in [3.05, 3.63) is 59.2 Å². The molecule has 2 rings (SSSR count). The zero-order valence-corrected chi connectivity index (χ0v) is 14.1. The van der Waals surface area contributed by atoms with Gasteiger partial charge in [-0.3, -0.25) is 4.79 Å². The highest BCUT2D eigenvalue weighted by molar-refractivity contribution is 5.94. The van der Waals surface area contributed by atoms with Crippen molar-refractivity contribution in [2.45, 2.75) is 20.4 Å². The van der Waals surface area contributed by atoms with E-state index in [0.717, 1.165) is 5.56 Å². The second kappa shape index (κ2) is 7.68. The van der Waals surface area contributed by atoms with Crippen molar-refractivity contribution >= 4 is 5.91 Å². The van der Waals surface area contributed by atoms with Crippen LogP contribution in [0.15, 0.2) is 42.5 Å². The van der Waals surface area contributed by atoms with Gasteiger partial charge in [-0.05, 0) is 43.2 Å². The number of carbonyl (C=O) groups is 1. The number of benzene rings is 2. The molecule has 0 saturated heterocycles. The first-order valence-electron chi connectivity index (χ1n) is 7.67. The van der Waals surface area contributed by atoms with Crippen LogP contribution in [0.5, 0.6) is 11.5 Å².